The van der Waals surface area contributed by atoms with Gasteiger partial charge >= 0.3 is 0 Å². The van der Waals surface area contributed by atoms with Gasteiger partial charge in [0.05, 0.1) is 23.9 Å². The van der Waals surface area contributed by atoms with Gasteiger partial charge in [-0.05, 0) is 43.4 Å². The van der Waals surface area contributed by atoms with Gasteiger partial charge in [-0.25, -0.2) is 4.39 Å². The van der Waals surface area contributed by atoms with Crippen LogP contribution in [0.25, 0.3) is 0 Å². The van der Waals surface area contributed by atoms with Crippen LogP contribution < -0.4 is 5.32 Å². The van der Waals surface area contributed by atoms with Gasteiger partial charge in [0, 0.05) is 19.2 Å². The van der Waals surface area contributed by atoms with Crippen LogP contribution >= 0.6 is 11.6 Å². The first kappa shape index (κ1) is 15.7. The van der Waals surface area contributed by atoms with Crippen molar-refractivity contribution in [1.82, 2.24) is 4.90 Å². The fraction of sp³-hybridized carbons (Fsp3) is 0.562. The van der Waals surface area contributed by atoms with E-state index in [9.17, 15) is 9.18 Å². The highest BCUT2D eigenvalue weighted by Crippen LogP contribution is 2.29. The van der Waals surface area contributed by atoms with Gasteiger partial charge in [0.15, 0.2) is 0 Å². The van der Waals surface area contributed by atoms with Gasteiger partial charge in [-0.15, -0.1) is 0 Å². The first-order chi connectivity index (χ1) is 10.6. The van der Waals surface area contributed by atoms with Crippen molar-refractivity contribution in [3.8, 4) is 0 Å². The second-order valence-corrected chi connectivity index (χ2v) is 6.47. The number of nitrogens with one attached hydrogen (secondary N) is 1. The Morgan fingerprint density at radius 1 is 1.41 bits per heavy atom. The highest BCUT2D eigenvalue weighted by atomic mass is 35.5. The summed E-state index contributed by atoms with van der Waals surface area (Å²) < 4.78 is 18.4. The number of ether oxygens (including phenoxy) is 1. The third kappa shape index (κ3) is 4.18. The summed E-state index contributed by atoms with van der Waals surface area (Å²) in [4.78, 5) is 14.5. The second-order valence-electron chi connectivity index (χ2n) is 6.06. The minimum absolute atomic E-state index is 0.112. The molecule has 1 aliphatic carbocycles. The Morgan fingerprint density at radius 2 is 2.23 bits per heavy atom. The SMILES string of the molecule is O=C(CN(CC1CCOC1)C1CC1)Nc1ccc(F)cc1Cl. The molecule has 1 aromatic rings. The fourth-order valence-corrected chi connectivity index (χ4v) is 3.02. The van der Waals surface area contributed by atoms with Crippen molar-refractivity contribution >= 4 is 23.2 Å². The van der Waals surface area contributed by atoms with Crippen LogP contribution in [0.1, 0.15) is 19.3 Å². The van der Waals surface area contributed by atoms with Gasteiger partial charge in [0.2, 0.25) is 5.91 Å². The molecule has 1 heterocycles. The molecule has 0 aromatic heterocycles. The molecule has 1 atom stereocenters. The summed E-state index contributed by atoms with van der Waals surface area (Å²) in [6, 6.07) is 4.49. The largest absolute Gasteiger partial charge is 0.381 e. The summed E-state index contributed by atoms with van der Waals surface area (Å²) in [5, 5.41) is 2.98. The minimum Gasteiger partial charge on any atom is -0.381 e. The molecule has 0 bridgehead atoms. The zero-order valence-corrected chi connectivity index (χ0v) is 13.1. The van der Waals surface area contributed by atoms with Gasteiger partial charge in [-0.2, -0.15) is 0 Å². The normalized spacial score (nSPS) is 21.3. The number of carbonyl (C=O) groups excluding carboxylic acids is 1. The Bertz CT molecular complexity index is 545. The smallest absolute Gasteiger partial charge is 0.238 e. The molecule has 1 amide bonds. The number of nitrogens with zero attached hydrogens (tertiary/aromatic N) is 1. The Labute approximate surface area is 134 Å². The van der Waals surface area contributed by atoms with E-state index in [4.69, 9.17) is 16.3 Å². The Morgan fingerprint density at radius 3 is 2.86 bits per heavy atom. The zero-order valence-electron chi connectivity index (χ0n) is 12.4. The topological polar surface area (TPSA) is 41.6 Å². The molecule has 3 rings (SSSR count). The molecule has 2 aliphatic rings. The van der Waals surface area contributed by atoms with Crippen LogP contribution in [-0.4, -0.2) is 43.2 Å². The standard InChI is InChI=1S/C16H20ClFN2O2/c17-14-7-12(18)1-4-15(14)19-16(21)9-20(13-2-3-13)8-11-5-6-22-10-11/h1,4,7,11,13H,2-3,5-6,8-10H2,(H,19,21). The third-order valence-electron chi connectivity index (χ3n) is 4.13. The number of hydrogen-bond acceptors (Lipinski definition) is 3. The molecule has 120 valence electrons. The van der Waals surface area contributed by atoms with Crippen molar-refractivity contribution in [3.63, 3.8) is 0 Å². The van der Waals surface area contributed by atoms with Gasteiger partial charge in [0.25, 0.3) is 0 Å². The molecule has 0 spiro atoms. The van der Waals surface area contributed by atoms with E-state index >= 15 is 0 Å². The molecule has 1 saturated heterocycles. The summed E-state index contributed by atoms with van der Waals surface area (Å²) in [6.07, 6.45) is 3.37. The number of amides is 1. The van der Waals surface area contributed by atoms with E-state index in [0.29, 0.717) is 24.2 Å². The van der Waals surface area contributed by atoms with Crippen LogP contribution in [-0.2, 0) is 9.53 Å². The molecule has 0 radical (unpaired) electrons. The lowest BCUT2D eigenvalue weighted by Gasteiger charge is -2.24. The van der Waals surface area contributed by atoms with Crippen LogP contribution in [0.3, 0.4) is 0 Å². The Hall–Kier alpha value is -1.17. The van der Waals surface area contributed by atoms with Crippen LogP contribution in [0.15, 0.2) is 18.2 Å². The van der Waals surface area contributed by atoms with Gasteiger partial charge in [-0.3, -0.25) is 9.69 Å². The number of halogens is 2. The monoisotopic (exact) mass is 326 g/mol. The molecular formula is C16H20ClFN2O2. The molecule has 22 heavy (non-hydrogen) atoms. The third-order valence-corrected chi connectivity index (χ3v) is 4.44. The lowest BCUT2D eigenvalue weighted by molar-refractivity contribution is -0.117. The van der Waals surface area contributed by atoms with Crippen LogP contribution in [0.4, 0.5) is 10.1 Å². The molecule has 1 N–H and O–H groups in total. The molecule has 2 fully saturated rings. The van der Waals surface area contributed by atoms with E-state index < -0.39 is 5.82 Å². The summed E-state index contributed by atoms with van der Waals surface area (Å²) in [7, 11) is 0. The van der Waals surface area contributed by atoms with E-state index in [1.807, 2.05) is 0 Å². The molecule has 1 unspecified atom stereocenters. The van der Waals surface area contributed by atoms with E-state index in [1.165, 1.54) is 18.2 Å². The van der Waals surface area contributed by atoms with E-state index in [2.05, 4.69) is 10.2 Å². The minimum atomic E-state index is -0.413. The number of anilines is 1. The van der Waals surface area contributed by atoms with Crippen molar-refractivity contribution in [2.75, 3.05) is 31.6 Å². The van der Waals surface area contributed by atoms with Crippen molar-refractivity contribution in [3.05, 3.63) is 29.0 Å². The number of carbonyl (C=O) groups is 1. The highest BCUT2D eigenvalue weighted by Gasteiger charge is 2.32. The predicted molar refractivity (Wildman–Crippen MR) is 83.6 cm³/mol. The zero-order chi connectivity index (χ0) is 15.5. The first-order valence-electron chi connectivity index (χ1n) is 7.68. The summed E-state index contributed by atoms with van der Waals surface area (Å²) >= 11 is 5.94. The average Bonchev–Trinajstić information content (AvgIpc) is 3.20. The van der Waals surface area contributed by atoms with Gasteiger partial charge in [-0.1, -0.05) is 11.6 Å². The summed E-state index contributed by atoms with van der Waals surface area (Å²) in [5.74, 6) is -0.00836. The second kappa shape index (κ2) is 6.94. The Balaban J connectivity index is 1.56. The maximum Gasteiger partial charge on any atom is 0.238 e. The van der Waals surface area contributed by atoms with Crippen molar-refractivity contribution < 1.29 is 13.9 Å². The van der Waals surface area contributed by atoms with Gasteiger partial charge < -0.3 is 10.1 Å². The molecule has 4 nitrogen and oxygen atoms in total. The van der Waals surface area contributed by atoms with Crippen molar-refractivity contribution in [2.45, 2.75) is 25.3 Å². The van der Waals surface area contributed by atoms with E-state index in [1.54, 1.807) is 0 Å². The molecule has 1 saturated carbocycles. The van der Waals surface area contributed by atoms with Gasteiger partial charge in [0.1, 0.15) is 5.82 Å². The van der Waals surface area contributed by atoms with Crippen LogP contribution in [0.5, 0.6) is 0 Å². The quantitative estimate of drug-likeness (QED) is 0.874. The number of benzene rings is 1. The van der Waals surface area contributed by atoms with Crippen molar-refractivity contribution in [1.29, 1.82) is 0 Å². The van der Waals surface area contributed by atoms with Crippen LogP contribution in [0.2, 0.25) is 5.02 Å². The molecule has 6 heteroatoms. The fourth-order valence-electron chi connectivity index (χ4n) is 2.81. The van der Waals surface area contributed by atoms with Crippen LogP contribution in [0, 0.1) is 11.7 Å². The van der Waals surface area contributed by atoms with E-state index in [-0.39, 0.29) is 10.9 Å². The Kier molecular flexibility index (Phi) is 4.96. The molecule has 1 aromatic carbocycles. The highest BCUT2D eigenvalue weighted by molar-refractivity contribution is 6.33. The molecule has 1 aliphatic heterocycles. The van der Waals surface area contributed by atoms with Crippen molar-refractivity contribution in [2.24, 2.45) is 5.92 Å². The molecular weight excluding hydrogens is 307 g/mol. The lowest BCUT2D eigenvalue weighted by Crippen LogP contribution is -2.38. The maximum atomic E-state index is 13.0. The maximum absolute atomic E-state index is 13.0. The number of hydrogen-bond donors (Lipinski definition) is 1. The van der Waals surface area contributed by atoms with E-state index in [0.717, 1.165) is 39.0 Å². The number of rotatable bonds is 6. The first-order valence-corrected chi connectivity index (χ1v) is 8.06. The summed E-state index contributed by atoms with van der Waals surface area (Å²) in [5.41, 5.74) is 0.452. The lowest BCUT2D eigenvalue weighted by atomic mass is 10.1. The predicted octanol–water partition coefficient (Wildman–Crippen LogP) is 2.92. The summed E-state index contributed by atoms with van der Waals surface area (Å²) in [6.45, 7) is 2.85. The average molecular weight is 327 g/mol.